The lowest BCUT2D eigenvalue weighted by atomic mass is 10.3. The molecule has 0 heterocycles. The molecule has 110 valence electrons. The normalized spacial score (nSPS) is 13.5. The Bertz CT molecular complexity index is 332. The third-order valence-corrected chi connectivity index (χ3v) is 3.84. The van der Waals surface area contributed by atoms with E-state index in [2.05, 4.69) is 5.32 Å². The molecule has 19 heavy (non-hydrogen) atoms. The number of thioether (sulfide) groups is 1. The first kappa shape index (κ1) is 17.8. The average Bonchev–Trinajstić information content (AvgIpc) is 2.34. The van der Waals surface area contributed by atoms with Gasteiger partial charge in [-0.05, 0) is 20.8 Å². The highest BCUT2D eigenvalue weighted by Crippen LogP contribution is 2.15. The highest BCUT2D eigenvalue weighted by molar-refractivity contribution is 8.00. The van der Waals surface area contributed by atoms with Crippen molar-refractivity contribution < 1.29 is 19.5 Å². The molecular formula is C12H22N2O4S. The monoisotopic (exact) mass is 290 g/mol. The van der Waals surface area contributed by atoms with Crippen LogP contribution in [0, 0.1) is 0 Å². The SMILES string of the molecule is CCN(CC)C(=O)C(C)SCC(NC(C)=O)C(=O)O. The molecule has 0 saturated heterocycles. The summed E-state index contributed by atoms with van der Waals surface area (Å²) in [6.07, 6.45) is 0. The van der Waals surface area contributed by atoms with E-state index in [0.717, 1.165) is 0 Å². The van der Waals surface area contributed by atoms with Crippen LogP contribution in [0.25, 0.3) is 0 Å². The third kappa shape index (κ3) is 6.47. The van der Waals surface area contributed by atoms with Crippen LogP contribution in [0.1, 0.15) is 27.7 Å². The number of aliphatic carboxylic acids is 1. The molecular weight excluding hydrogens is 268 g/mol. The molecule has 2 atom stereocenters. The first-order valence-electron chi connectivity index (χ1n) is 6.23. The van der Waals surface area contributed by atoms with Gasteiger partial charge in [0.25, 0.3) is 0 Å². The minimum atomic E-state index is -1.09. The van der Waals surface area contributed by atoms with Crippen molar-refractivity contribution >= 4 is 29.5 Å². The van der Waals surface area contributed by atoms with Crippen LogP contribution in [-0.2, 0) is 14.4 Å². The number of carboxylic acids is 1. The van der Waals surface area contributed by atoms with Gasteiger partial charge in [-0.1, -0.05) is 0 Å². The summed E-state index contributed by atoms with van der Waals surface area (Å²) in [6.45, 7) is 8.08. The molecule has 0 aliphatic rings. The molecule has 0 fully saturated rings. The van der Waals surface area contributed by atoms with E-state index in [0.29, 0.717) is 13.1 Å². The molecule has 2 amide bonds. The second-order valence-corrected chi connectivity index (χ2v) is 5.45. The van der Waals surface area contributed by atoms with Gasteiger partial charge in [-0.3, -0.25) is 9.59 Å². The molecule has 0 rings (SSSR count). The largest absolute Gasteiger partial charge is 0.480 e. The van der Waals surface area contributed by atoms with Crippen molar-refractivity contribution in [1.82, 2.24) is 10.2 Å². The van der Waals surface area contributed by atoms with Gasteiger partial charge in [0.05, 0.1) is 5.25 Å². The molecule has 0 radical (unpaired) electrons. The van der Waals surface area contributed by atoms with Gasteiger partial charge < -0.3 is 15.3 Å². The lowest BCUT2D eigenvalue weighted by Crippen LogP contribution is -2.43. The summed E-state index contributed by atoms with van der Waals surface area (Å²) in [7, 11) is 0. The Kier molecular flexibility index (Phi) is 8.22. The molecule has 0 bridgehead atoms. The summed E-state index contributed by atoms with van der Waals surface area (Å²) < 4.78 is 0. The quantitative estimate of drug-likeness (QED) is 0.682. The van der Waals surface area contributed by atoms with Crippen LogP contribution in [0.5, 0.6) is 0 Å². The number of carboxylic acid groups (broad SMARTS) is 1. The zero-order valence-electron chi connectivity index (χ0n) is 11.8. The summed E-state index contributed by atoms with van der Waals surface area (Å²) in [5.41, 5.74) is 0. The highest BCUT2D eigenvalue weighted by Gasteiger charge is 2.23. The van der Waals surface area contributed by atoms with Crippen molar-refractivity contribution in [3.05, 3.63) is 0 Å². The van der Waals surface area contributed by atoms with Crippen LogP contribution in [0.2, 0.25) is 0 Å². The van der Waals surface area contributed by atoms with Crippen molar-refractivity contribution in [2.75, 3.05) is 18.8 Å². The van der Waals surface area contributed by atoms with Gasteiger partial charge >= 0.3 is 5.97 Å². The zero-order chi connectivity index (χ0) is 15.0. The highest BCUT2D eigenvalue weighted by atomic mass is 32.2. The molecule has 0 aliphatic carbocycles. The van der Waals surface area contributed by atoms with Crippen molar-refractivity contribution in [2.24, 2.45) is 0 Å². The van der Waals surface area contributed by atoms with Gasteiger partial charge in [0.1, 0.15) is 6.04 Å². The molecule has 6 nitrogen and oxygen atoms in total. The maximum atomic E-state index is 12.0. The molecule has 2 N–H and O–H groups in total. The second-order valence-electron chi connectivity index (χ2n) is 4.08. The lowest BCUT2D eigenvalue weighted by Gasteiger charge is -2.23. The van der Waals surface area contributed by atoms with Gasteiger partial charge in [-0.2, -0.15) is 0 Å². The predicted molar refractivity (Wildman–Crippen MR) is 75.1 cm³/mol. The third-order valence-electron chi connectivity index (χ3n) is 2.61. The van der Waals surface area contributed by atoms with Gasteiger partial charge in [-0.15, -0.1) is 11.8 Å². The summed E-state index contributed by atoms with van der Waals surface area (Å²) in [4.78, 5) is 35.5. The molecule has 0 aromatic heterocycles. The lowest BCUT2D eigenvalue weighted by molar-refractivity contribution is -0.140. The first-order valence-corrected chi connectivity index (χ1v) is 7.28. The van der Waals surface area contributed by atoms with E-state index in [4.69, 9.17) is 5.11 Å². The van der Waals surface area contributed by atoms with Crippen LogP contribution in [0.3, 0.4) is 0 Å². The van der Waals surface area contributed by atoms with Crippen molar-refractivity contribution in [1.29, 1.82) is 0 Å². The maximum absolute atomic E-state index is 12.0. The van der Waals surface area contributed by atoms with E-state index in [-0.39, 0.29) is 16.9 Å². The van der Waals surface area contributed by atoms with E-state index in [9.17, 15) is 14.4 Å². The number of nitrogens with zero attached hydrogens (tertiary/aromatic N) is 1. The number of hydrogen-bond acceptors (Lipinski definition) is 4. The minimum absolute atomic E-state index is 0.0121. The van der Waals surface area contributed by atoms with Crippen LogP contribution >= 0.6 is 11.8 Å². The van der Waals surface area contributed by atoms with E-state index < -0.39 is 17.9 Å². The summed E-state index contributed by atoms with van der Waals surface area (Å²) in [6, 6.07) is -0.963. The fourth-order valence-electron chi connectivity index (χ4n) is 1.52. The Morgan fingerprint density at radius 2 is 1.79 bits per heavy atom. The Hall–Kier alpha value is -1.24. The molecule has 7 heteroatoms. The van der Waals surface area contributed by atoms with Gasteiger partial charge in [0.2, 0.25) is 11.8 Å². The average molecular weight is 290 g/mol. The minimum Gasteiger partial charge on any atom is -0.480 e. The summed E-state index contributed by atoms with van der Waals surface area (Å²) in [5.74, 6) is -1.33. The fraction of sp³-hybridized carbons (Fsp3) is 0.750. The summed E-state index contributed by atoms with van der Waals surface area (Å²) in [5, 5.41) is 11.0. The predicted octanol–water partition coefficient (Wildman–Crippen LogP) is 0.566. The fourth-order valence-corrected chi connectivity index (χ4v) is 2.52. The van der Waals surface area contributed by atoms with Crippen LogP contribution in [0.4, 0.5) is 0 Å². The van der Waals surface area contributed by atoms with Gasteiger partial charge in [0.15, 0.2) is 0 Å². The van der Waals surface area contributed by atoms with Gasteiger partial charge in [-0.25, -0.2) is 4.79 Å². The van der Waals surface area contributed by atoms with Crippen molar-refractivity contribution in [3.63, 3.8) is 0 Å². The smallest absolute Gasteiger partial charge is 0.327 e. The van der Waals surface area contributed by atoms with Crippen LogP contribution in [0.15, 0.2) is 0 Å². The Balaban J connectivity index is 4.39. The number of rotatable bonds is 8. The van der Waals surface area contributed by atoms with E-state index in [1.54, 1.807) is 11.8 Å². The molecule has 0 aliphatic heterocycles. The Morgan fingerprint density at radius 1 is 1.26 bits per heavy atom. The number of carbonyl (C=O) groups is 3. The zero-order valence-corrected chi connectivity index (χ0v) is 12.6. The van der Waals surface area contributed by atoms with E-state index in [1.165, 1.54) is 18.7 Å². The van der Waals surface area contributed by atoms with Gasteiger partial charge in [0, 0.05) is 25.8 Å². The molecule has 0 spiro atoms. The maximum Gasteiger partial charge on any atom is 0.327 e. The number of amides is 2. The Labute approximate surface area is 117 Å². The number of hydrogen-bond donors (Lipinski definition) is 2. The second kappa shape index (κ2) is 8.79. The molecule has 0 saturated carbocycles. The topological polar surface area (TPSA) is 86.7 Å². The molecule has 0 aromatic carbocycles. The number of carbonyl (C=O) groups excluding carboxylic acids is 2. The van der Waals surface area contributed by atoms with Crippen molar-refractivity contribution in [2.45, 2.75) is 39.0 Å². The standard InChI is InChI=1S/C12H22N2O4S/c1-5-14(6-2)11(16)8(3)19-7-10(12(17)18)13-9(4)15/h8,10H,5-7H2,1-4H3,(H,13,15)(H,17,18). The van der Waals surface area contributed by atoms with E-state index >= 15 is 0 Å². The van der Waals surface area contributed by atoms with E-state index in [1.807, 2.05) is 13.8 Å². The first-order chi connectivity index (χ1) is 8.83. The Morgan fingerprint density at radius 3 is 2.16 bits per heavy atom. The van der Waals surface area contributed by atoms with Crippen LogP contribution < -0.4 is 5.32 Å². The molecule has 2 unspecified atom stereocenters. The summed E-state index contributed by atoms with van der Waals surface area (Å²) >= 11 is 1.24. The molecule has 0 aromatic rings. The number of nitrogens with one attached hydrogen (secondary N) is 1. The van der Waals surface area contributed by atoms with Crippen molar-refractivity contribution in [3.8, 4) is 0 Å². The van der Waals surface area contributed by atoms with Crippen LogP contribution in [-0.4, -0.2) is 57.9 Å².